The fraction of sp³-hybridized carbons (Fsp3) is 0.538. The van der Waals surface area contributed by atoms with Gasteiger partial charge >= 0.3 is 0 Å². The van der Waals surface area contributed by atoms with Gasteiger partial charge in [-0.15, -0.1) is 0 Å². The number of aliphatic hydroxyl groups is 1. The van der Waals surface area contributed by atoms with Crippen LogP contribution in [0.5, 0.6) is 5.75 Å². The minimum absolute atomic E-state index is 0.0191. The molecule has 0 bridgehead atoms. The first-order chi connectivity index (χ1) is 9.20. The number of benzene rings is 1. The van der Waals surface area contributed by atoms with Crippen LogP contribution in [0.15, 0.2) is 21.1 Å². The number of rotatable bonds is 5. The standard InChI is InChI=1S/C13H17Br2NO3/c14-11-7-10(9-17)8-12(15)13(11)19-6-3-16-1-4-18-5-2-16/h7-8,17H,1-6,9H2. The van der Waals surface area contributed by atoms with Crippen LogP contribution < -0.4 is 4.74 Å². The molecule has 0 aromatic heterocycles. The Labute approximate surface area is 129 Å². The van der Waals surface area contributed by atoms with Crippen molar-refractivity contribution >= 4 is 31.9 Å². The molecule has 0 spiro atoms. The summed E-state index contributed by atoms with van der Waals surface area (Å²) in [5.74, 6) is 0.783. The van der Waals surface area contributed by atoms with E-state index < -0.39 is 0 Å². The first kappa shape index (κ1) is 15.3. The van der Waals surface area contributed by atoms with Crippen LogP contribution in [0.3, 0.4) is 0 Å². The van der Waals surface area contributed by atoms with Crippen LogP contribution in [0.4, 0.5) is 0 Å². The SMILES string of the molecule is OCc1cc(Br)c(OCCN2CCOCC2)c(Br)c1. The first-order valence-corrected chi connectivity index (χ1v) is 7.81. The normalized spacial score (nSPS) is 16.6. The van der Waals surface area contributed by atoms with Crippen molar-refractivity contribution in [1.29, 1.82) is 0 Å². The highest BCUT2D eigenvalue weighted by Gasteiger charge is 2.12. The molecule has 0 saturated carbocycles. The molecule has 1 aromatic rings. The Morgan fingerprint density at radius 2 is 1.84 bits per heavy atom. The minimum atomic E-state index is 0.0191. The predicted octanol–water partition coefficient (Wildman–Crippen LogP) is 2.41. The van der Waals surface area contributed by atoms with E-state index in [0.29, 0.717) is 6.61 Å². The van der Waals surface area contributed by atoms with Gasteiger partial charge in [-0.1, -0.05) is 0 Å². The Balaban J connectivity index is 1.88. The van der Waals surface area contributed by atoms with E-state index in [9.17, 15) is 0 Å². The van der Waals surface area contributed by atoms with E-state index in [1.54, 1.807) is 0 Å². The molecule has 1 saturated heterocycles. The molecule has 0 aliphatic carbocycles. The van der Waals surface area contributed by atoms with Crippen LogP contribution in [-0.2, 0) is 11.3 Å². The van der Waals surface area contributed by atoms with E-state index in [-0.39, 0.29) is 6.61 Å². The number of nitrogens with zero attached hydrogens (tertiary/aromatic N) is 1. The number of hydrogen-bond acceptors (Lipinski definition) is 4. The van der Waals surface area contributed by atoms with E-state index in [1.807, 2.05) is 12.1 Å². The number of hydrogen-bond donors (Lipinski definition) is 1. The highest BCUT2D eigenvalue weighted by atomic mass is 79.9. The summed E-state index contributed by atoms with van der Waals surface area (Å²) in [7, 11) is 0. The summed E-state index contributed by atoms with van der Waals surface area (Å²) in [6.45, 7) is 5.09. The molecule has 6 heteroatoms. The van der Waals surface area contributed by atoms with Gasteiger partial charge in [0.25, 0.3) is 0 Å². The van der Waals surface area contributed by atoms with E-state index >= 15 is 0 Å². The number of aliphatic hydroxyl groups excluding tert-OH is 1. The Bertz CT molecular complexity index is 399. The van der Waals surface area contributed by atoms with Gasteiger partial charge < -0.3 is 14.6 Å². The van der Waals surface area contributed by atoms with Crippen LogP contribution in [-0.4, -0.2) is 49.5 Å². The van der Waals surface area contributed by atoms with Gasteiger partial charge in [0.15, 0.2) is 0 Å². The zero-order valence-corrected chi connectivity index (χ0v) is 13.7. The van der Waals surface area contributed by atoms with Crippen LogP contribution in [0.25, 0.3) is 0 Å². The van der Waals surface area contributed by atoms with Gasteiger partial charge in [0.1, 0.15) is 12.4 Å². The van der Waals surface area contributed by atoms with Crippen molar-refractivity contribution in [3.05, 3.63) is 26.6 Å². The van der Waals surface area contributed by atoms with Crippen molar-refractivity contribution in [2.75, 3.05) is 39.5 Å². The summed E-state index contributed by atoms with van der Waals surface area (Å²) in [6, 6.07) is 3.74. The van der Waals surface area contributed by atoms with Gasteiger partial charge in [-0.05, 0) is 49.6 Å². The topological polar surface area (TPSA) is 41.9 Å². The Hall–Kier alpha value is -0.140. The fourth-order valence-corrected chi connectivity index (χ4v) is 3.45. The summed E-state index contributed by atoms with van der Waals surface area (Å²) in [6.07, 6.45) is 0. The highest BCUT2D eigenvalue weighted by molar-refractivity contribution is 9.11. The number of halogens is 2. The third kappa shape index (κ3) is 4.43. The predicted molar refractivity (Wildman–Crippen MR) is 80.5 cm³/mol. The molecule has 1 heterocycles. The zero-order valence-electron chi connectivity index (χ0n) is 10.6. The summed E-state index contributed by atoms with van der Waals surface area (Å²) >= 11 is 6.93. The average molecular weight is 395 g/mol. The van der Waals surface area contributed by atoms with Gasteiger partial charge in [-0.2, -0.15) is 0 Å². The van der Waals surface area contributed by atoms with E-state index in [4.69, 9.17) is 14.6 Å². The molecule has 0 amide bonds. The highest BCUT2D eigenvalue weighted by Crippen LogP contribution is 2.34. The molecule has 1 N–H and O–H groups in total. The second-order valence-electron chi connectivity index (χ2n) is 4.35. The van der Waals surface area contributed by atoms with Crippen LogP contribution in [0.1, 0.15) is 5.56 Å². The van der Waals surface area contributed by atoms with Crippen LogP contribution in [0.2, 0.25) is 0 Å². The van der Waals surface area contributed by atoms with Gasteiger partial charge in [0.2, 0.25) is 0 Å². The van der Waals surface area contributed by atoms with Crippen LogP contribution >= 0.6 is 31.9 Å². The lowest BCUT2D eigenvalue weighted by Gasteiger charge is -2.26. The van der Waals surface area contributed by atoms with Gasteiger partial charge in [0, 0.05) is 19.6 Å². The summed E-state index contributed by atoms with van der Waals surface area (Å²) < 4.78 is 12.8. The quantitative estimate of drug-likeness (QED) is 0.832. The lowest BCUT2D eigenvalue weighted by atomic mass is 10.2. The minimum Gasteiger partial charge on any atom is -0.490 e. The largest absolute Gasteiger partial charge is 0.490 e. The molecule has 0 atom stereocenters. The number of morpholine rings is 1. The third-order valence-electron chi connectivity index (χ3n) is 3.00. The van der Waals surface area contributed by atoms with E-state index in [1.165, 1.54) is 0 Å². The fourth-order valence-electron chi connectivity index (χ4n) is 1.94. The van der Waals surface area contributed by atoms with Crippen molar-refractivity contribution in [2.45, 2.75) is 6.61 Å². The smallest absolute Gasteiger partial charge is 0.147 e. The first-order valence-electron chi connectivity index (χ1n) is 6.22. The van der Waals surface area contributed by atoms with E-state index in [2.05, 4.69) is 36.8 Å². The van der Waals surface area contributed by atoms with Crippen LogP contribution in [0, 0.1) is 0 Å². The molecular formula is C13H17Br2NO3. The second kappa shape index (κ2) is 7.59. The second-order valence-corrected chi connectivity index (χ2v) is 6.06. The molecule has 0 radical (unpaired) electrons. The van der Waals surface area contributed by atoms with Crippen molar-refractivity contribution in [2.24, 2.45) is 0 Å². The maximum atomic E-state index is 9.12. The van der Waals surface area contributed by atoms with Gasteiger partial charge in [-0.25, -0.2) is 0 Å². The Morgan fingerprint density at radius 3 is 2.42 bits per heavy atom. The zero-order chi connectivity index (χ0) is 13.7. The maximum Gasteiger partial charge on any atom is 0.147 e. The van der Waals surface area contributed by atoms with Crippen molar-refractivity contribution in [1.82, 2.24) is 4.90 Å². The van der Waals surface area contributed by atoms with Crippen molar-refractivity contribution in [3.63, 3.8) is 0 Å². The molecule has 106 valence electrons. The molecule has 1 aromatic carbocycles. The molecule has 19 heavy (non-hydrogen) atoms. The molecule has 1 aliphatic heterocycles. The van der Waals surface area contributed by atoms with E-state index in [0.717, 1.165) is 53.1 Å². The molecule has 0 unspecified atom stereocenters. The molecule has 1 aliphatic rings. The van der Waals surface area contributed by atoms with Crippen molar-refractivity contribution in [3.8, 4) is 5.75 Å². The van der Waals surface area contributed by atoms with Gasteiger partial charge in [0.05, 0.1) is 28.8 Å². The average Bonchev–Trinajstić information content (AvgIpc) is 2.42. The Morgan fingerprint density at radius 1 is 1.21 bits per heavy atom. The lowest BCUT2D eigenvalue weighted by Crippen LogP contribution is -2.38. The summed E-state index contributed by atoms with van der Waals surface area (Å²) in [5.41, 5.74) is 0.847. The monoisotopic (exact) mass is 393 g/mol. The van der Waals surface area contributed by atoms with Gasteiger partial charge in [-0.3, -0.25) is 4.90 Å². The van der Waals surface area contributed by atoms with Crippen molar-refractivity contribution < 1.29 is 14.6 Å². The maximum absolute atomic E-state index is 9.12. The third-order valence-corrected chi connectivity index (χ3v) is 4.18. The number of ether oxygens (including phenoxy) is 2. The molecule has 2 rings (SSSR count). The molecular weight excluding hydrogens is 378 g/mol. The summed E-state index contributed by atoms with van der Waals surface area (Å²) in [5, 5.41) is 9.12. The molecule has 4 nitrogen and oxygen atoms in total. The summed E-state index contributed by atoms with van der Waals surface area (Å²) in [4.78, 5) is 2.33. The molecule has 1 fully saturated rings. The lowest BCUT2D eigenvalue weighted by molar-refractivity contribution is 0.0321. The Kier molecular flexibility index (Phi) is 6.09.